The summed E-state index contributed by atoms with van der Waals surface area (Å²) in [5.74, 6) is 1.42. The molecule has 0 aliphatic rings. The first-order valence-corrected chi connectivity index (χ1v) is 9.19. The maximum absolute atomic E-state index is 4.75. The zero-order valence-electron chi connectivity index (χ0n) is 16.5. The Bertz CT molecular complexity index is 870. The highest BCUT2D eigenvalue weighted by molar-refractivity contribution is 5.68. The molecule has 1 heterocycles. The van der Waals surface area contributed by atoms with Gasteiger partial charge in [-0.3, -0.25) is 0 Å². The van der Waals surface area contributed by atoms with E-state index < -0.39 is 0 Å². The fraction of sp³-hybridized carbons (Fsp3) is 0.273. The predicted molar refractivity (Wildman–Crippen MR) is 114 cm³/mol. The van der Waals surface area contributed by atoms with Crippen LogP contribution in [-0.2, 0) is 0 Å². The van der Waals surface area contributed by atoms with Crippen LogP contribution in [0.15, 0.2) is 54.6 Å². The summed E-state index contributed by atoms with van der Waals surface area (Å²) in [6, 6.07) is 18.4. The summed E-state index contributed by atoms with van der Waals surface area (Å²) in [5, 5.41) is 6.83. The number of likely N-dealkylation sites (N-methyl/N-ethyl adjacent to an activating group) is 1. The molecule has 0 atom stereocenters. The van der Waals surface area contributed by atoms with E-state index in [2.05, 4.69) is 78.8 Å². The Balaban J connectivity index is 1.94. The molecule has 140 valence electrons. The average molecular weight is 361 g/mol. The minimum Gasteiger partial charge on any atom is -0.369 e. The lowest BCUT2D eigenvalue weighted by Crippen LogP contribution is -2.21. The van der Waals surface area contributed by atoms with E-state index in [0.717, 1.165) is 35.9 Å². The molecule has 0 saturated carbocycles. The third kappa shape index (κ3) is 5.05. The van der Waals surface area contributed by atoms with Gasteiger partial charge in [-0.25, -0.2) is 4.98 Å². The van der Waals surface area contributed by atoms with E-state index in [9.17, 15) is 0 Å². The molecule has 0 spiro atoms. The molecule has 0 aliphatic heterocycles. The first-order chi connectivity index (χ1) is 13.0. The van der Waals surface area contributed by atoms with Crippen LogP contribution in [0, 0.1) is 13.8 Å². The fourth-order valence-electron chi connectivity index (χ4n) is 2.88. The zero-order valence-corrected chi connectivity index (χ0v) is 16.5. The van der Waals surface area contributed by atoms with Gasteiger partial charge in [0.05, 0.1) is 5.69 Å². The Morgan fingerprint density at radius 1 is 0.889 bits per heavy atom. The van der Waals surface area contributed by atoms with Gasteiger partial charge in [0.2, 0.25) is 5.95 Å². The minimum absolute atomic E-state index is 0.598. The summed E-state index contributed by atoms with van der Waals surface area (Å²) in [6.07, 6.45) is 0. The molecule has 2 aromatic carbocycles. The van der Waals surface area contributed by atoms with E-state index in [1.54, 1.807) is 0 Å². The summed E-state index contributed by atoms with van der Waals surface area (Å²) < 4.78 is 0. The van der Waals surface area contributed by atoms with Crippen LogP contribution in [0.25, 0.3) is 11.3 Å². The van der Waals surface area contributed by atoms with Crippen LogP contribution in [0.1, 0.15) is 11.1 Å². The molecule has 5 heteroatoms. The minimum atomic E-state index is 0.598. The van der Waals surface area contributed by atoms with E-state index in [4.69, 9.17) is 4.98 Å². The van der Waals surface area contributed by atoms with Crippen LogP contribution in [0.2, 0.25) is 0 Å². The third-order valence-electron chi connectivity index (χ3n) is 4.38. The summed E-state index contributed by atoms with van der Waals surface area (Å²) in [5.41, 5.74) is 5.37. The number of hydrogen-bond donors (Lipinski definition) is 2. The van der Waals surface area contributed by atoms with Crippen molar-refractivity contribution in [1.82, 2.24) is 14.9 Å². The number of aryl methyl sites for hydroxylation is 2. The average Bonchev–Trinajstić information content (AvgIpc) is 2.65. The molecule has 5 nitrogen and oxygen atoms in total. The van der Waals surface area contributed by atoms with Crippen molar-refractivity contribution in [3.8, 4) is 11.3 Å². The van der Waals surface area contributed by atoms with Crippen molar-refractivity contribution >= 4 is 17.5 Å². The van der Waals surface area contributed by atoms with Crippen molar-refractivity contribution in [1.29, 1.82) is 0 Å². The van der Waals surface area contributed by atoms with Crippen molar-refractivity contribution in [2.75, 3.05) is 37.8 Å². The number of nitrogens with one attached hydrogen (secondary N) is 2. The molecule has 1 aromatic heterocycles. The fourth-order valence-corrected chi connectivity index (χ4v) is 2.88. The second-order valence-electron chi connectivity index (χ2n) is 6.95. The lowest BCUT2D eigenvalue weighted by atomic mass is 10.1. The molecule has 0 amide bonds. The van der Waals surface area contributed by atoms with Gasteiger partial charge in [-0.1, -0.05) is 48.5 Å². The van der Waals surface area contributed by atoms with Gasteiger partial charge < -0.3 is 15.5 Å². The third-order valence-corrected chi connectivity index (χ3v) is 4.38. The molecule has 0 aliphatic carbocycles. The molecule has 0 fully saturated rings. The number of rotatable bonds is 7. The Hall–Kier alpha value is -2.92. The normalized spacial score (nSPS) is 10.9. The highest BCUT2D eigenvalue weighted by atomic mass is 15.2. The van der Waals surface area contributed by atoms with Gasteiger partial charge in [0.15, 0.2) is 0 Å². The number of benzene rings is 2. The van der Waals surface area contributed by atoms with Gasteiger partial charge in [0.1, 0.15) is 5.82 Å². The second kappa shape index (κ2) is 8.64. The Labute approximate surface area is 161 Å². The Kier molecular flexibility index (Phi) is 6.04. The standard InChI is InChI=1S/C22H27N5/c1-16-9-8-10-17(2)21(16)26-22-24-19(18-11-6-5-7-12-18)15-20(25-22)23-13-14-27(3)4/h5-12,15H,13-14H2,1-4H3,(H2,23,24,25,26). The number of para-hydroxylation sites is 1. The van der Waals surface area contributed by atoms with Crippen molar-refractivity contribution in [3.05, 3.63) is 65.7 Å². The SMILES string of the molecule is Cc1cccc(C)c1Nc1nc(NCCN(C)C)cc(-c2ccccc2)n1. The molecule has 0 unspecified atom stereocenters. The van der Waals surface area contributed by atoms with Crippen LogP contribution < -0.4 is 10.6 Å². The number of hydrogen-bond acceptors (Lipinski definition) is 5. The Morgan fingerprint density at radius 2 is 1.59 bits per heavy atom. The van der Waals surface area contributed by atoms with Crippen LogP contribution in [-0.4, -0.2) is 42.1 Å². The topological polar surface area (TPSA) is 53.1 Å². The van der Waals surface area contributed by atoms with Crippen molar-refractivity contribution < 1.29 is 0 Å². The van der Waals surface area contributed by atoms with Gasteiger partial charge >= 0.3 is 0 Å². The molecular weight excluding hydrogens is 334 g/mol. The lowest BCUT2D eigenvalue weighted by Gasteiger charge is -2.15. The van der Waals surface area contributed by atoms with Crippen molar-refractivity contribution in [2.24, 2.45) is 0 Å². The van der Waals surface area contributed by atoms with E-state index in [0.29, 0.717) is 5.95 Å². The van der Waals surface area contributed by atoms with E-state index >= 15 is 0 Å². The molecule has 0 saturated heterocycles. The van der Waals surface area contributed by atoms with Crippen LogP contribution >= 0.6 is 0 Å². The van der Waals surface area contributed by atoms with E-state index in [-0.39, 0.29) is 0 Å². The molecule has 27 heavy (non-hydrogen) atoms. The monoisotopic (exact) mass is 361 g/mol. The van der Waals surface area contributed by atoms with Gasteiger partial charge in [0, 0.05) is 30.4 Å². The summed E-state index contributed by atoms with van der Waals surface area (Å²) in [6.45, 7) is 5.94. The molecular formula is C22H27N5. The predicted octanol–water partition coefficient (Wildman–Crippen LogP) is 4.48. The summed E-state index contributed by atoms with van der Waals surface area (Å²) >= 11 is 0. The van der Waals surface area contributed by atoms with Crippen LogP contribution in [0.4, 0.5) is 17.5 Å². The zero-order chi connectivity index (χ0) is 19.2. The van der Waals surface area contributed by atoms with Crippen LogP contribution in [0.3, 0.4) is 0 Å². The van der Waals surface area contributed by atoms with Gasteiger partial charge in [0.25, 0.3) is 0 Å². The maximum atomic E-state index is 4.75. The van der Waals surface area contributed by atoms with Crippen molar-refractivity contribution in [2.45, 2.75) is 13.8 Å². The number of nitrogens with zero attached hydrogens (tertiary/aromatic N) is 3. The molecule has 3 aromatic rings. The van der Waals surface area contributed by atoms with Crippen LogP contribution in [0.5, 0.6) is 0 Å². The summed E-state index contributed by atoms with van der Waals surface area (Å²) in [4.78, 5) is 11.6. The summed E-state index contributed by atoms with van der Waals surface area (Å²) in [7, 11) is 4.12. The van der Waals surface area contributed by atoms with Gasteiger partial charge in [-0.05, 0) is 39.1 Å². The highest BCUT2D eigenvalue weighted by Crippen LogP contribution is 2.26. The van der Waals surface area contributed by atoms with Gasteiger partial charge in [-0.2, -0.15) is 4.98 Å². The number of anilines is 3. The first-order valence-electron chi connectivity index (χ1n) is 9.19. The molecule has 2 N–H and O–H groups in total. The Morgan fingerprint density at radius 3 is 2.26 bits per heavy atom. The van der Waals surface area contributed by atoms with E-state index in [1.807, 2.05) is 24.3 Å². The molecule has 3 rings (SSSR count). The van der Waals surface area contributed by atoms with E-state index in [1.165, 1.54) is 11.1 Å². The van der Waals surface area contributed by atoms with Crippen molar-refractivity contribution in [3.63, 3.8) is 0 Å². The quantitative estimate of drug-likeness (QED) is 0.650. The smallest absolute Gasteiger partial charge is 0.229 e. The van der Waals surface area contributed by atoms with Gasteiger partial charge in [-0.15, -0.1) is 0 Å². The lowest BCUT2D eigenvalue weighted by molar-refractivity contribution is 0.425. The maximum Gasteiger partial charge on any atom is 0.229 e. The first kappa shape index (κ1) is 18.9. The second-order valence-corrected chi connectivity index (χ2v) is 6.95. The largest absolute Gasteiger partial charge is 0.369 e. The highest BCUT2D eigenvalue weighted by Gasteiger charge is 2.09. The molecule has 0 radical (unpaired) electrons. The molecule has 0 bridgehead atoms. The number of aromatic nitrogens is 2.